The summed E-state index contributed by atoms with van der Waals surface area (Å²) in [7, 11) is 1.99. The molecule has 0 radical (unpaired) electrons. The van der Waals surface area contributed by atoms with E-state index in [-0.39, 0.29) is 5.91 Å². The highest BCUT2D eigenvalue weighted by atomic mass is 16.2. The molecule has 1 aromatic heterocycles. The van der Waals surface area contributed by atoms with E-state index >= 15 is 0 Å². The van der Waals surface area contributed by atoms with Crippen LogP contribution in [0.3, 0.4) is 0 Å². The number of hydrogen-bond acceptors (Lipinski definition) is 3. The number of hydrogen-bond donors (Lipinski definition) is 2. The summed E-state index contributed by atoms with van der Waals surface area (Å²) in [6.45, 7) is 2.88. The van der Waals surface area contributed by atoms with Crippen molar-refractivity contribution in [2.45, 2.75) is 25.7 Å². The van der Waals surface area contributed by atoms with E-state index in [0.717, 1.165) is 44.1 Å². The first-order chi connectivity index (χ1) is 8.79. The van der Waals surface area contributed by atoms with Crippen molar-refractivity contribution in [2.75, 3.05) is 26.7 Å². The topological polar surface area (TPSA) is 61.0 Å². The van der Waals surface area contributed by atoms with E-state index in [1.165, 1.54) is 6.42 Å². The first-order valence-electron chi connectivity index (χ1n) is 6.70. The molecule has 2 N–H and O–H groups in total. The van der Waals surface area contributed by atoms with Crippen molar-refractivity contribution in [1.29, 1.82) is 0 Å². The van der Waals surface area contributed by atoms with E-state index in [0.29, 0.717) is 6.42 Å². The van der Waals surface area contributed by atoms with Gasteiger partial charge in [0, 0.05) is 25.0 Å². The van der Waals surface area contributed by atoms with E-state index in [2.05, 4.69) is 15.5 Å². The third-order valence-corrected chi connectivity index (χ3v) is 3.67. The number of aromatic nitrogens is 2. The van der Waals surface area contributed by atoms with Crippen LogP contribution in [0.15, 0.2) is 12.3 Å². The summed E-state index contributed by atoms with van der Waals surface area (Å²) < 4.78 is 0. The van der Waals surface area contributed by atoms with Crippen LogP contribution < -0.4 is 5.32 Å². The lowest BCUT2D eigenvalue weighted by Gasteiger charge is -2.32. The normalized spacial score (nSPS) is 17.1. The van der Waals surface area contributed by atoms with Crippen molar-refractivity contribution in [3.05, 3.63) is 18.0 Å². The van der Waals surface area contributed by atoms with Crippen molar-refractivity contribution in [1.82, 2.24) is 20.4 Å². The zero-order valence-electron chi connectivity index (χ0n) is 11.0. The number of nitrogens with zero attached hydrogens (tertiary/aromatic N) is 2. The Bertz CT molecular complexity index is 355. The van der Waals surface area contributed by atoms with E-state index in [4.69, 9.17) is 0 Å². The molecule has 0 aromatic carbocycles. The molecule has 100 valence electrons. The summed E-state index contributed by atoms with van der Waals surface area (Å²) in [5.74, 6) is 0.986. The minimum Gasteiger partial charge on any atom is -0.342 e. The standard InChI is InChI=1S/C13H22N4O/c1-14-6-2-11-4-8-17(9-5-11)13(18)10-12-3-7-15-16-12/h3,7,11,14H,2,4-6,8-10H2,1H3,(H,15,16). The zero-order valence-corrected chi connectivity index (χ0v) is 11.0. The number of likely N-dealkylation sites (tertiary alicyclic amines) is 1. The van der Waals surface area contributed by atoms with Gasteiger partial charge in [0.25, 0.3) is 0 Å². The van der Waals surface area contributed by atoms with Crippen LogP contribution in [0.1, 0.15) is 25.0 Å². The van der Waals surface area contributed by atoms with Crippen molar-refractivity contribution in [3.63, 3.8) is 0 Å². The first-order valence-corrected chi connectivity index (χ1v) is 6.70. The van der Waals surface area contributed by atoms with Gasteiger partial charge in [0.15, 0.2) is 0 Å². The molecule has 1 saturated heterocycles. The lowest BCUT2D eigenvalue weighted by atomic mass is 9.93. The van der Waals surface area contributed by atoms with Gasteiger partial charge < -0.3 is 10.2 Å². The van der Waals surface area contributed by atoms with Crippen LogP contribution in [0.4, 0.5) is 0 Å². The highest BCUT2D eigenvalue weighted by molar-refractivity contribution is 5.78. The number of H-pyrrole nitrogens is 1. The second kappa shape index (κ2) is 6.54. The Morgan fingerprint density at radius 3 is 2.94 bits per heavy atom. The molecule has 1 aliphatic rings. The summed E-state index contributed by atoms with van der Waals surface area (Å²) in [5, 5.41) is 9.89. The van der Waals surface area contributed by atoms with Crippen LogP contribution >= 0.6 is 0 Å². The largest absolute Gasteiger partial charge is 0.342 e. The van der Waals surface area contributed by atoms with Gasteiger partial charge in [-0.2, -0.15) is 5.10 Å². The number of nitrogens with one attached hydrogen (secondary N) is 2. The number of piperidine rings is 1. The summed E-state index contributed by atoms with van der Waals surface area (Å²) in [4.78, 5) is 14.0. The average Bonchev–Trinajstić information content (AvgIpc) is 2.89. The van der Waals surface area contributed by atoms with Crippen molar-refractivity contribution >= 4 is 5.91 Å². The monoisotopic (exact) mass is 250 g/mol. The quantitative estimate of drug-likeness (QED) is 0.812. The Morgan fingerprint density at radius 1 is 1.56 bits per heavy atom. The Labute approximate surface area is 108 Å². The van der Waals surface area contributed by atoms with Crippen molar-refractivity contribution in [2.24, 2.45) is 5.92 Å². The van der Waals surface area contributed by atoms with Gasteiger partial charge in [0.2, 0.25) is 5.91 Å². The maximum absolute atomic E-state index is 12.1. The smallest absolute Gasteiger partial charge is 0.228 e. The predicted octanol–water partition coefficient (Wildman–Crippen LogP) is 0.800. The van der Waals surface area contributed by atoms with Gasteiger partial charge in [-0.15, -0.1) is 0 Å². The molecule has 0 atom stereocenters. The van der Waals surface area contributed by atoms with E-state index in [9.17, 15) is 4.79 Å². The minimum atomic E-state index is 0.214. The summed E-state index contributed by atoms with van der Waals surface area (Å²) in [6.07, 6.45) is 5.62. The Balaban J connectivity index is 1.73. The Morgan fingerprint density at radius 2 is 2.33 bits per heavy atom. The molecule has 0 saturated carbocycles. The predicted molar refractivity (Wildman–Crippen MR) is 70.1 cm³/mol. The van der Waals surface area contributed by atoms with Gasteiger partial charge in [0.1, 0.15) is 0 Å². The molecule has 18 heavy (non-hydrogen) atoms. The van der Waals surface area contributed by atoms with Gasteiger partial charge in [-0.1, -0.05) is 0 Å². The number of rotatable bonds is 5. The Kier molecular flexibility index (Phi) is 4.75. The fourth-order valence-corrected chi connectivity index (χ4v) is 2.48. The molecule has 2 rings (SSSR count). The number of carbonyl (C=O) groups excluding carboxylic acids is 1. The van der Waals surface area contributed by atoms with Gasteiger partial charge in [-0.25, -0.2) is 0 Å². The molecule has 1 aromatic rings. The molecule has 5 nitrogen and oxygen atoms in total. The van der Waals surface area contributed by atoms with Crippen LogP contribution in [-0.4, -0.2) is 47.7 Å². The van der Waals surface area contributed by atoms with Crippen LogP contribution in [0.2, 0.25) is 0 Å². The van der Waals surface area contributed by atoms with Crippen molar-refractivity contribution < 1.29 is 4.79 Å². The first kappa shape index (κ1) is 13.1. The van der Waals surface area contributed by atoms with Gasteiger partial charge in [-0.3, -0.25) is 9.89 Å². The van der Waals surface area contributed by atoms with Crippen LogP contribution in [0.5, 0.6) is 0 Å². The fraction of sp³-hybridized carbons (Fsp3) is 0.692. The molecule has 1 fully saturated rings. The van der Waals surface area contributed by atoms with Crippen LogP contribution in [-0.2, 0) is 11.2 Å². The van der Waals surface area contributed by atoms with Crippen LogP contribution in [0, 0.1) is 5.92 Å². The second-order valence-electron chi connectivity index (χ2n) is 4.98. The summed E-state index contributed by atoms with van der Waals surface area (Å²) in [5.41, 5.74) is 0.900. The van der Waals surface area contributed by atoms with Crippen LogP contribution in [0.25, 0.3) is 0 Å². The number of amides is 1. The lowest BCUT2D eigenvalue weighted by Crippen LogP contribution is -2.39. The highest BCUT2D eigenvalue weighted by Crippen LogP contribution is 2.20. The molecule has 0 spiro atoms. The van der Waals surface area contributed by atoms with E-state index < -0.39 is 0 Å². The third-order valence-electron chi connectivity index (χ3n) is 3.67. The van der Waals surface area contributed by atoms with Gasteiger partial charge in [0.05, 0.1) is 6.42 Å². The Hall–Kier alpha value is -1.36. The highest BCUT2D eigenvalue weighted by Gasteiger charge is 2.22. The molecule has 5 heteroatoms. The average molecular weight is 250 g/mol. The molecule has 0 aliphatic carbocycles. The molecule has 1 amide bonds. The molecule has 0 unspecified atom stereocenters. The second-order valence-corrected chi connectivity index (χ2v) is 4.98. The van der Waals surface area contributed by atoms with Gasteiger partial charge in [-0.05, 0) is 44.8 Å². The van der Waals surface area contributed by atoms with Crippen molar-refractivity contribution in [3.8, 4) is 0 Å². The zero-order chi connectivity index (χ0) is 12.8. The van der Waals surface area contributed by atoms with E-state index in [1.807, 2.05) is 18.0 Å². The summed E-state index contributed by atoms with van der Waals surface area (Å²) in [6, 6.07) is 1.86. The third kappa shape index (κ3) is 3.57. The minimum absolute atomic E-state index is 0.214. The molecule has 2 heterocycles. The molecular weight excluding hydrogens is 228 g/mol. The summed E-state index contributed by atoms with van der Waals surface area (Å²) >= 11 is 0. The fourth-order valence-electron chi connectivity index (χ4n) is 2.48. The molecule has 0 bridgehead atoms. The van der Waals surface area contributed by atoms with Gasteiger partial charge >= 0.3 is 0 Å². The molecule has 1 aliphatic heterocycles. The maximum atomic E-state index is 12.1. The van der Waals surface area contributed by atoms with E-state index in [1.54, 1.807) is 6.20 Å². The number of carbonyl (C=O) groups is 1. The number of aromatic amines is 1. The maximum Gasteiger partial charge on any atom is 0.228 e. The SMILES string of the molecule is CNCCC1CCN(C(=O)Cc2ccn[nH]2)CC1. The lowest BCUT2D eigenvalue weighted by molar-refractivity contribution is -0.131. The molecular formula is C13H22N4O.